The lowest BCUT2D eigenvalue weighted by atomic mass is 9.87. The fourth-order valence-corrected chi connectivity index (χ4v) is 3.20. The van der Waals surface area contributed by atoms with E-state index >= 15 is 0 Å². The normalized spacial score (nSPS) is 16.9. The average Bonchev–Trinajstić information content (AvgIpc) is 2.53. The number of hydrogen-bond acceptors (Lipinski definition) is 3. The predicted octanol–water partition coefficient (Wildman–Crippen LogP) is 3.25. The minimum absolute atomic E-state index is 0.0311. The largest absolute Gasteiger partial charge is 0.507 e. The summed E-state index contributed by atoms with van der Waals surface area (Å²) in [5.74, 6) is -0.751. The van der Waals surface area contributed by atoms with Gasteiger partial charge in [-0.15, -0.1) is 0 Å². The number of carbonyl (C=O) groups is 1. The molecule has 0 radical (unpaired) electrons. The first-order valence-corrected chi connectivity index (χ1v) is 7.45. The molecule has 2 aromatic carbocycles. The third-order valence-electron chi connectivity index (χ3n) is 4.36. The lowest BCUT2D eigenvalue weighted by Crippen LogP contribution is -2.33. The lowest BCUT2D eigenvalue weighted by molar-refractivity contribution is 0.0709. The Labute approximate surface area is 129 Å². The highest BCUT2D eigenvalue weighted by molar-refractivity contribution is 5.99. The third-order valence-corrected chi connectivity index (χ3v) is 4.36. The van der Waals surface area contributed by atoms with Crippen molar-refractivity contribution in [1.82, 2.24) is 4.90 Å². The Kier molecular flexibility index (Phi) is 3.75. The highest BCUT2D eigenvalue weighted by Gasteiger charge is 2.29. The monoisotopic (exact) mass is 297 g/mol. The topological polar surface area (TPSA) is 60.8 Å². The molecule has 0 fully saturated rings. The van der Waals surface area contributed by atoms with Gasteiger partial charge in [-0.2, -0.15) is 0 Å². The van der Waals surface area contributed by atoms with E-state index in [9.17, 15) is 15.0 Å². The zero-order chi connectivity index (χ0) is 15.7. The van der Waals surface area contributed by atoms with Crippen LogP contribution in [0.4, 0.5) is 0 Å². The molecule has 0 heterocycles. The van der Waals surface area contributed by atoms with Gasteiger partial charge in [0, 0.05) is 7.05 Å². The van der Waals surface area contributed by atoms with Crippen LogP contribution in [-0.2, 0) is 6.42 Å². The third kappa shape index (κ3) is 2.41. The first kappa shape index (κ1) is 14.4. The quantitative estimate of drug-likeness (QED) is 0.894. The smallest absolute Gasteiger partial charge is 0.261 e. The summed E-state index contributed by atoms with van der Waals surface area (Å²) in [7, 11) is 1.72. The van der Waals surface area contributed by atoms with Crippen molar-refractivity contribution in [1.29, 1.82) is 0 Å². The summed E-state index contributed by atoms with van der Waals surface area (Å²) in [5, 5.41) is 19.8. The van der Waals surface area contributed by atoms with Gasteiger partial charge in [0.1, 0.15) is 17.1 Å². The molecule has 4 nitrogen and oxygen atoms in total. The first-order valence-electron chi connectivity index (χ1n) is 7.45. The van der Waals surface area contributed by atoms with Crippen LogP contribution in [0.2, 0.25) is 0 Å². The number of rotatable bonds is 2. The lowest BCUT2D eigenvalue weighted by Gasteiger charge is -2.33. The van der Waals surface area contributed by atoms with Gasteiger partial charge in [0.15, 0.2) is 0 Å². The molecule has 1 amide bonds. The molecule has 22 heavy (non-hydrogen) atoms. The molecule has 3 rings (SSSR count). The van der Waals surface area contributed by atoms with E-state index in [1.807, 2.05) is 18.2 Å². The Morgan fingerprint density at radius 1 is 1.09 bits per heavy atom. The van der Waals surface area contributed by atoms with E-state index in [1.54, 1.807) is 11.9 Å². The van der Waals surface area contributed by atoms with Crippen molar-refractivity contribution in [3.63, 3.8) is 0 Å². The van der Waals surface area contributed by atoms with Crippen molar-refractivity contribution >= 4 is 5.91 Å². The molecule has 4 heteroatoms. The van der Waals surface area contributed by atoms with Crippen molar-refractivity contribution < 1.29 is 15.0 Å². The summed E-state index contributed by atoms with van der Waals surface area (Å²) in [6.45, 7) is 0. The average molecular weight is 297 g/mol. The van der Waals surface area contributed by atoms with Crippen molar-refractivity contribution in [3.05, 3.63) is 59.2 Å². The summed E-state index contributed by atoms with van der Waals surface area (Å²) in [4.78, 5) is 14.3. The maximum atomic E-state index is 12.7. The summed E-state index contributed by atoms with van der Waals surface area (Å²) >= 11 is 0. The fraction of sp³-hybridized carbons (Fsp3) is 0.278. The molecule has 2 aromatic rings. The van der Waals surface area contributed by atoms with Gasteiger partial charge in [-0.25, -0.2) is 0 Å². The second-order valence-electron chi connectivity index (χ2n) is 5.69. The summed E-state index contributed by atoms with van der Waals surface area (Å²) < 4.78 is 0. The predicted molar refractivity (Wildman–Crippen MR) is 84.0 cm³/mol. The molecule has 1 atom stereocenters. The summed E-state index contributed by atoms with van der Waals surface area (Å²) in [6.07, 6.45) is 2.93. The molecule has 1 aliphatic carbocycles. The first-order chi connectivity index (χ1) is 10.6. The van der Waals surface area contributed by atoms with E-state index in [1.165, 1.54) is 23.8 Å². The second-order valence-corrected chi connectivity index (χ2v) is 5.69. The Bertz CT molecular complexity index is 691. The van der Waals surface area contributed by atoms with Gasteiger partial charge in [0.05, 0.1) is 6.04 Å². The van der Waals surface area contributed by atoms with E-state index in [4.69, 9.17) is 0 Å². The van der Waals surface area contributed by atoms with Gasteiger partial charge in [-0.3, -0.25) is 4.79 Å². The molecular weight excluding hydrogens is 278 g/mol. The van der Waals surface area contributed by atoms with E-state index in [0.717, 1.165) is 24.8 Å². The standard InChI is InChI=1S/C18H19NO3/c1-19(18(22)17-15(20)10-5-11-16(17)21)14-9-4-7-12-6-2-3-8-13(12)14/h2-3,5-6,8,10-11,14,20-21H,4,7,9H2,1H3/t14-/m0/s1. The van der Waals surface area contributed by atoms with E-state index in [-0.39, 0.29) is 29.0 Å². The number of hydrogen-bond donors (Lipinski definition) is 2. The van der Waals surface area contributed by atoms with E-state index in [0.29, 0.717) is 0 Å². The molecule has 0 spiro atoms. The zero-order valence-electron chi connectivity index (χ0n) is 12.5. The van der Waals surface area contributed by atoms with Gasteiger partial charge in [-0.05, 0) is 42.5 Å². The molecule has 114 valence electrons. The summed E-state index contributed by atoms with van der Waals surface area (Å²) in [5.41, 5.74) is 2.38. The molecule has 0 aliphatic heterocycles. The number of benzene rings is 2. The molecular formula is C18H19NO3. The SMILES string of the molecule is CN(C(=O)c1c(O)cccc1O)[C@H]1CCCc2ccccc21. The van der Waals surface area contributed by atoms with Crippen LogP contribution in [-0.4, -0.2) is 28.1 Å². The highest BCUT2D eigenvalue weighted by Crippen LogP contribution is 2.36. The Balaban J connectivity index is 1.95. The number of phenolic OH excluding ortho intramolecular Hbond substituents is 2. The molecule has 0 saturated carbocycles. The zero-order valence-corrected chi connectivity index (χ0v) is 12.5. The molecule has 0 saturated heterocycles. The second kappa shape index (κ2) is 5.72. The van der Waals surface area contributed by atoms with Crippen LogP contribution < -0.4 is 0 Å². The van der Waals surface area contributed by atoms with Crippen LogP contribution in [0.15, 0.2) is 42.5 Å². The van der Waals surface area contributed by atoms with Crippen LogP contribution in [0.1, 0.15) is 40.4 Å². The number of amides is 1. The summed E-state index contributed by atoms with van der Waals surface area (Å²) in [6, 6.07) is 12.4. The minimum atomic E-state index is -0.364. The molecule has 0 bridgehead atoms. The van der Waals surface area contributed by atoms with Crippen LogP contribution in [0, 0.1) is 0 Å². The van der Waals surface area contributed by atoms with Crippen LogP contribution in [0.5, 0.6) is 11.5 Å². The van der Waals surface area contributed by atoms with Gasteiger partial charge in [0.25, 0.3) is 5.91 Å². The maximum absolute atomic E-state index is 12.7. The number of nitrogens with zero attached hydrogens (tertiary/aromatic N) is 1. The van der Waals surface area contributed by atoms with E-state index < -0.39 is 0 Å². The molecule has 1 aliphatic rings. The Morgan fingerprint density at radius 2 is 1.77 bits per heavy atom. The number of aryl methyl sites for hydroxylation is 1. The van der Waals surface area contributed by atoms with Crippen molar-refractivity contribution in [3.8, 4) is 11.5 Å². The van der Waals surface area contributed by atoms with E-state index in [2.05, 4.69) is 6.07 Å². The van der Waals surface area contributed by atoms with Gasteiger partial charge >= 0.3 is 0 Å². The number of phenols is 2. The Hall–Kier alpha value is -2.49. The van der Waals surface area contributed by atoms with Crippen molar-refractivity contribution in [2.45, 2.75) is 25.3 Å². The highest BCUT2D eigenvalue weighted by atomic mass is 16.3. The minimum Gasteiger partial charge on any atom is -0.507 e. The fourth-order valence-electron chi connectivity index (χ4n) is 3.20. The van der Waals surface area contributed by atoms with Gasteiger partial charge in [-0.1, -0.05) is 30.3 Å². The molecule has 0 unspecified atom stereocenters. The van der Waals surface area contributed by atoms with Gasteiger partial charge in [0.2, 0.25) is 0 Å². The van der Waals surface area contributed by atoms with Crippen LogP contribution in [0.25, 0.3) is 0 Å². The number of fused-ring (bicyclic) bond motifs is 1. The maximum Gasteiger partial charge on any atom is 0.261 e. The van der Waals surface area contributed by atoms with Crippen molar-refractivity contribution in [2.24, 2.45) is 0 Å². The Morgan fingerprint density at radius 3 is 2.50 bits per heavy atom. The van der Waals surface area contributed by atoms with Crippen LogP contribution >= 0.6 is 0 Å². The van der Waals surface area contributed by atoms with Gasteiger partial charge < -0.3 is 15.1 Å². The van der Waals surface area contributed by atoms with Crippen LogP contribution in [0.3, 0.4) is 0 Å². The molecule has 0 aromatic heterocycles. The number of carbonyl (C=O) groups excluding carboxylic acids is 1. The van der Waals surface area contributed by atoms with Crippen molar-refractivity contribution in [2.75, 3.05) is 7.05 Å². The molecule has 2 N–H and O–H groups in total. The number of aromatic hydroxyl groups is 2.